The van der Waals surface area contributed by atoms with Gasteiger partial charge in [-0.05, 0) is 83.0 Å². The number of rotatable bonds is 12. The van der Waals surface area contributed by atoms with Crippen molar-refractivity contribution >= 4 is 22.9 Å². The second-order valence-corrected chi connectivity index (χ2v) is 11.4. The van der Waals surface area contributed by atoms with Gasteiger partial charge >= 0.3 is 0 Å². The number of aromatic hydroxyl groups is 1. The molecule has 216 valence electrons. The second-order valence-electron chi connectivity index (χ2n) is 11.4. The average molecular weight is 563 g/mol. The lowest BCUT2D eigenvalue weighted by molar-refractivity contribution is 0.0954. The van der Waals surface area contributed by atoms with E-state index in [2.05, 4.69) is 42.6 Å². The Bertz CT molecular complexity index is 1600. The minimum absolute atomic E-state index is 0.0106. The molecule has 1 aliphatic heterocycles. The van der Waals surface area contributed by atoms with Crippen LogP contribution in [0.25, 0.3) is 10.8 Å². The summed E-state index contributed by atoms with van der Waals surface area (Å²) in [6.45, 7) is 2.43. The number of carbonyl (C=O) groups is 1. The highest BCUT2D eigenvalue weighted by Crippen LogP contribution is 2.37. The number of benzene rings is 4. The Kier molecular flexibility index (Phi) is 9.15. The molecule has 1 heterocycles. The van der Waals surface area contributed by atoms with Crippen LogP contribution < -0.4 is 5.32 Å². The van der Waals surface area contributed by atoms with E-state index in [0.717, 1.165) is 24.8 Å². The van der Waals surface area contributed by atoms with Crippen LogP contribution in [0.4, 0.5) is 0 Å². The molecule has 0 radical (unpaired) electrons. The van der Waals surface area contributed by atoms with Crippen LogP contribution in [-0.4, -0.2) is 39.5 Å². The van der Waals surface area contributed by atoms with E-state index in [9.17, 15) is 20.1 Å². The number of phenols is 1. The van der Waals surface area contributed by atoms with Gasteiger partial charge in [0, 0.05) is 30.3 Å². The standard InChI is InChI=1S/C36H38N2O4/c1-25(22-36(15-5-16-38-36)23-34(41)30-12-13-33(40)32(21-30)24-39)18-27-6-4-9-31(20-27)35(42)37-17-14-26-10-11-28-7-2-3-8-29(28)19-26/h2-13,15-16,19-21,25,34,39-41H,14,17-18,22-24H2,1H3,(H,37,42). The number of carbonyl (C=O) groups excluding carboxylic acids is 1. The van der Waals surface area contributed by atoms with Crippen molar-refractivity contribution in [3.63, 3.8) is 0 Å². The normalized spacial score (nSPS) is 17.4. The van der Waals surface area contributed by atoms with Crippen molar-refractivity contribution < 1.29 is 20.1 Å². The predicted octanol–water partition coefficient (Wildman–Crippen LogP) is 6.08. The first-order valence-electron chi connectivity index (χ1n) is 14.5. The molecule has 5 rings (SSSR count). The number of fused-ring (bicyclic) bond motifs is 1. The van der Waals surface area contributed by atoms with E-state index in [1.54, 1.807) is 18.3 Å². The Morgan fingerprint density at radius 1 is 0.929 bits per heavy atom. The third-order valence-electron chi connectivity index (χ3n) is 8.02. The van der Waals surface area contributed by atoms with Crippen LogP contribution >= 0.6 is 0 Å². The van der Waals surface area contributed by atoms with E-state index >= 15 is 0 Å². The number of nitrogens with one attached hydrogen (secondary N) is 1. The molecule has 4 N–H and O–H groups in total. The summed E-state index contributed by atoms with van der Waals surface area (Å²) in [6, 6.07) is 27.3. The summed E-state index contributed by atoms with van der Waals surface area (Å²) in [6.07, 6.45) is 7.58. The van der Waals surface area contributed by atoms with Crippen molar-refractivity contribution in [1.29, 1.82) is 0 Å². The largest absolute Gasteiger partial charge is 0.508 e. The van der Waals surface area contributed by atoms with Crippen LogP contribution in [0.15, 0.2) is 102 Å². The first-order chi connectivity index (χ1) is 20.3. The van der Waals surface area contributed by atoms with Crippen molar-refractivity contribution in [3.05, 3.63) is 125 Å². The molecule has 3 atom stereocenters. The maximum atomic E-state index is 12.9. The third-order valence-corrected chi connectivity index (χ3v) is 8.02. The summed E-state index contributed by atoms with van der Waals surface area (Å²) in [5.41, 5.74) is 3.40. The van der Waals surface area contributed by atoms with Crippen molar-refractivity contribution in [2.45, 2.75) is 50.9 Å². The number of hydrogen-bond donors (Lipinski definition) is 4. The quantitative estimate of drug-likeness (QED) is 0.168. The molecule has 0 spiro atoms. The van der Waals surface area contributed by atoms with Gasteiger partial charge in [-0.2, -0.15) is 0 Å². The molecule has 4 aromatic rings. The third kappa shape index (κ3) is 7.14. The summed E-state index contributed by atoms with van der Waals surface area (Å²) in [5, 5.41) is 35.9. The smallest absolute Gasteiger partial charge is 0.251 e. The number of aliphatic imine (C=N–C) groups is 1. The summed E-state index contributed by atoms with van der Waals surface area (Å²) < 4.78 is 0. The molecule has 6 heteroatoms. The Labute approximate surface area is 247 Å². The molecule has 0 aromatic heterocycles. The van der Waals surface area contributed by atoms with Crippen LogP contribution in [0, 0.1) is 5.92 Å². The van der Waals surface area contributed by atoms with Crippen molar-refractivity contribution in [1.82, 2.24) is 5.32 Å². The fourth-order valence-electron chi connectivity index (χ4n) is 5.91. The summed E-state index contributed by atoms with van der Waals surface area (Å²) in [5.74, 6) is 0.164. The van der Waals surface area contributed by atoms with Gasteiger partial charge in [0.1, 0.15) is 5.75 Å². The monoisotopic (exact) mass is 562 g/mol. The van der Waals surface area contributed by atoms with E-state index in [1.807, 2.05) is 48.6 Å². The number of hydrogen-bond acceptors (Lipinski definition) is 5. The van der Waals surface area contributed by atoms with Gasteiger partial charge in [-0.3, -0.25) is 9.79 Å². The molecule has 0 saturated carbocycles. The zero-order valence-electron chi connectivity index (χ0n) is 23.9. The SMILES string of the molecule is CC(Cc1cccc(C(=O)NCCc2ccc3ccccc3c2)c1)CC1(CC(O)c2ccc(O)c(CO)c2)C=CC=N1. The van der Waals surface area contributed by atoms with Gasteiger partial charge in [0.25, 0.3) is 5.91 Å². The minimum Gasteiger partial charge on any atom is -0.508 e. The molecule has 6 nitrogen and oxygen atoms in total. The van der Waals surface area contributed by atoms with Gasteiger partial charge in [0.2, 0.25) is 0 Å². The summed E-state index contributed by atoms with van der Waals surface area (Å²) in [4.78, 5) is 17.7. The Morgan fingerprint density at radius 2 is 1.76 bits per heavy atom. The van der Waals surface area contributed by atoms with Crippen molar-refractivity contribution in [3.8, 4) is 5.75 Å². The molecule has 1 amide bonds. The minimum atomic E-state index is -0.801. The van der Waals surface area contributed by atoms with Crippen LogP contribution in [0.2, 0.25) is 0 Å². The van der Waals surface area contributed by atoms with Crippen molar-refractivity contribution in [2.24, 2.45) is 10.9 Å². The highest BCUT2D eigenvalue weighted by Gasteiger charge is 2.33. The van der Waals surface area contributed by atoms with Crippen molar-refractivity contribution in [2.75, 3.05) is 6.54 Å². The maximum absolute atomic E-state index is 12.9. The van der Waals surface area contributed by atoms with E-state index < -0.39 is 11.6 Å². The van der Waals surface area contributed by atoms with E-state index in [4.69, 9.17) is 4.99 Å². The fraction of sp³-hybridized carbons (Fsp3) is 0.278. The van der Waals surface area contributed by atoms with Gasteiger partial charge in [0.05, 0.1) is 18.2 Å². The van der Waals surface area contributed by atoms with Gasteiger partial charge in [-0.15, -0.1) is 0 Å². The second kappa shape index (κ2) is 13.1. The molecule has 42 heavy (non-hydrogen) atoms. The zero-order valence-corrected chi connectivity index (χ0v) is 23.9. The highest BCUT2D eigenvalue weighted by molar-refractivity contribution is 5.94. The number of aliphatic hydroxyl groups is 2. The van der Waals surface area contributed by atoms with Gasteiger partial charge < -0.3 is 20.6 Å². The number of allylic oxidation sites excluding steroid dienone is 1. The Morgan fingerprint density at radius 3 is 2.55 bits per heavy atom. The molecular weight excluding hydrogens is 524 g/mol. The zero-order chi connectivity index (χ0) is 29.5. The number of amides is 1. The molecular formula is C36H38N2O4. The number of aliphatic hydroxyl groups excluding tert-OH is 2. The molecule has 3 unspecified atom stereocenters. The van der Waals surface area contributed by atoms with E-state index in [1.165, 1.54) is 22.4 Å². The lowest BCUT2D eigenvalue weighted by Gasteiger charge is -2.30. The molecule has 0 bridgehead atoms. The molecule has 4 aromatic carbocycles. The van der Waals surface area contributed by atoms with Gasteiger partial charge in [-0.25, -0.2) is 0 Å². The lowest BCUT2D eigenvalue weighted by atomic mass is 9.81. The molecule has 1 aliphatic rings. The van der Waals surface area contributed by atoms with Crippen LogP contribution in [0.1, 0.15) is 58.5 Å². The Hall–Kier alpha value is -4.26. The average Bonchev–Trinajstić information content (AvgIpc) is 3.44. The first kappa shape index (κ1) is 29.2. The lowest BCUT2D eigenvalue weighted by Crippen LogP contribution is -2.28. The fourth-order valence-corrected chi connectivity index (χ4v) is 5.91. The molecule has 0 fully saturated rings. The first-order valence-corrected chi connectivity index (χ1v) is 14.5. The Balaban J connectivity index is 1.17. The van der Waals surface area contributed by atoms with E-state index in [-0.39, 0.29) is 24.2 Å². The summed E-state index contributed by atoms with van der Waals surface area (Å²) in [7, 11) is 0. The van der Waals surface area contributed by atoms with Gasteiger partial charge in [0.15, 0.2) is 0 Å². The number of nitrogens with zero attached hydrogens (tertiary/aromatic N) is 1. The highest BCUT2D eigenvalue weighted by atomic mass is 16.3. The maximum Gasteiger partial charge on any atom is 0.251 e. The molecule has 0 aliphatic carbocycles. The molecule has 0 saturated heterocycles. The van der Waals surface area contributed by atoms with Crippen LogP contribution in [0.3, 0.4) is 0 Å². The summed E-state index contributed by atoms with van der Waals surface area (Å²) >= 11 is 0. The van der Waals surface area contributed by atoms with Gasteiger partial charge in [-0.1, -0.05) is 73.7 Å². The predicted molar refractivity (Wildman–Crippen MR) is 168 cm³/mol. The van der Waals surface area contributed by atoms with Crippen LogP contribution in [-0.2, 0) is 19.4 Å². The topological polar surface area (TPSA) is 102 Å². The van der Waals surface area contributed by atoms with E-state index in [0.29, 0.717) is 29.7 Å². The van der Waals surface area contributed by atoms with Crippen LogP contribution in [0.5, 0.6) is 5.75 Å².